The van der Waals surface area contributed by atoms with Crippen LogP contribution in [0.3, 0.4) is 0 Å². The van der Waals surface area contributed by atoms with Crippen LogP contribution in [0.1, 0.15) is 412 Å². The summed E-state index contributed by atoms with van der Waals surface area (Å²) >= 11 is 0. The normalized spacial score (nSPS) is 12.2. The van der Waals surface area contributed by atoms with Gasteiger partial charge < -0.3 is 14.2 Å². The molecule has 0 N–H and O–H groups in total. The zero-order valence-electron chi connectivity index (χ0n) is 55.5. The van der Waals surface area contributed by atoms with Crippen LogP contribution < -0.4 is 0 Å². The van der Waals surface area contributed by atoms with E-state index in [0.717, 1.165) is 70.6 Å². The molecule has 0 amide bonds. The second-order valence-corrected chi connectivity index (χ2v) is 25.2. The number of carbonyl (C=O) groups is 3. The number of carbonyl (C=O) groups excluding carboxylic acids is 3. The Balaban J connectivity index is 4.17. The molecule has 6 nitrogen and oxygen atoms in total. The van der Waals surface area contributed by atoms with Gasteiger partial charge >= 0.3 is 17.9 Å². The molecule has 0 rings (SSSR count). The summed E-state index contributed by atoms with van der Waals surface area (Å²) in [6, 6.07) is 0. The van der Waals surface area contributed by atoms with Crippen molar-refractivity contribution in [2.24, 2.45) is 0 Å². The second kappa shape index (κ2) is 71.1. The van der Waals surface area contributed by atoms with Gasteiger partial charge in [0.1, 0.15) is 13.2 Å². The highest BCUT2D eigenvalue weighted by Gasteiger charge is 2.19. The van der Waals surface area contributed by atoms with E-state index in [-0.39, 0.29) is 31.1 Å². The molecule has 0 radical (unpaired) electrons. The van der Waals surface area contributed by atoms with Gasteiger partial charge in [-0.3, -0.25) is 14.4 Å². The maximum Gasteiger partial charge on any atom is 0.306 e. The molecule has 1 unspecified atom stereocenters. The van der Waals surface area contributed by atoms with E-state index in [1.807, 2.05) is 0 Å². The Morgan fingerprint density at radius 2 is 0.439 bits per heavy atom. The lowest BCUT2D eigenvalue weighted by molar-refractivity contribution is -0.167. The Kier molecular flexibility index (Phi) is 69.1. The molecule has 0 aromatic heterocycles. The van der Waals surface area contributed by atoms with Crippen LogP contribution in [0.2, 0.25) is 0 Å². The molecule has 0 saturated carbocycles. The van der Waals surface area contributed by atoms with Crippen LogP contribution in [-0.2, 0) is 28.6 Å². The van der Waals surface area contributed by atoms with Crippen molar-refractivity contribution in [3.63, 3.8) is 0 Å². The number of hydrogen-bond donors (Lipinski definition) is 0. The summed E-state index contributed by atoms with van der Waals surface area (Å²) in [5.41, 5.74) is 0. The molecule has 0 aliphatic heterocycles. The van der Waals surface area contributed by atoms with Gasteiger partial charge in [-0.25, -0.2) is 0 Å². The van der Waals surface area contributed by atoms with Crippen molar-refractivity contribution in [3.8, 4) is 0 Å². The average Bonchev–Trinajstić information content (AvgIpc) is 3.47. The van der Waals surface area contributed by atoms with E-state index in [9.17, 15) is 14.4 Å². The maximum atomic E-state index is 13.0. The Labute approximate surface area is 512 Å². The first-order valence-electron chi connectivity index (χ1n) is 37.0. The topological polar surface area (TPSA) is 78.9 Å². The van der Waals surface area contributed by atoms with Crippen LogP contribution in [0, 0.1) is 0 Å². The van der Waals surface area contributed by atoms with Gasteiger partial charge in [-0.1, -0.05) is 353 Å². The minimum absolute atomic E-state index is 0.0683. The Hall–Kier alpha value is -2.37. The van der Waals surface area contributed by atoms with Gasteiger partial charge in [-0.2, -0.15) is 0 Å². The zero-order valence-corrected chi connectivity index (χ0v) is 55.5. The highest BCUT2D eigenvalue weighted by molar-refractivity contribution is 5.71. The fourth-order valence-electron chi connectivity index (χ4n) is 11.3. The van der Waals surface area contributed by atoms with E-state index >= 15 is 0 Å². The molecule has 0 fully saturated rings. The molecular weight excluding hydrogens is 1010 g/mol. The van der Waals surface area contributed by atoms with E-state index in [1.54, 1.807) is 0 Å². The van der Waals surface area contributed by atoms with Crippen molar-refractivity contribution in [1.82, 2.24) is 0 Å². The third-order valence-electron chi connectivity index (χ3n) is 16.9. The Morgan fingerprint density at radius 1 is 0.244 bits per heavy atom. The summed E-state index contributed by atoms with van der Waals surface area (Å²) in [6.07, 6.45) is 89.0. The van der Waals surface area contributed by atoms with Crippen molar-refractivity contribution in [3.05, 3.63) is 36.5 Å². The Morgan fingerprint density at radius 3 is 0.683 bits per heavy atom. The molecule has 0 aromatic rings. The highest BCUT2D eigenvalue weighted by atomic mass is 16.6. The number of allylic oxidation sites excluding steroid dienone is 6. The van der Waals surface area contributed by atoms with Crippen LogP contribution in [0.15, 0.2) is 36.5 Å². The van der Waals surface area contributed by atoms with Gasteiger partial charge in [0.2, 0.25) is 0 Å². The molecule has 0 bridgehead atoms. The van der Waals surface area contributed by atoms with E-state index in [4.69, 9.17) is 14.2 Å². The smallest absolute Gasteiger partial charge is 0.306 e. The number of unbranched alkanes of at least 4 members (excludes halogenated alkanes) is 52. The summed E-state index contributed by atoms with van der Waals surface area (Å²) < 4.78 is 17.0. The fourth-order valence-corrected chi connectivity index (χ4v) is 11.3. The molecule has 0 aliphatic rings. The second-order valence-electron chi connectivity index (χ2n) is 25.2. The third-order valence-corrected chi connectivity index (χ3v) is 16.9. The molecule has 0 heterocycles. The molecule has 0 aliphatic carbocycles. The van der Waals surface area contributed by atoms with Crippen LogP contribution in [0.25, 0.3) is 0 Å². The lowest BCUT2D eigenvalue weighted by Gasteiger charge is -2.18. The van der Waals surface area contributed by atoms with E-state index in [0.29, 0.717) is 19.3 Å². The van der Waals surface area contributed by atoms with Crippen molar-refractivity contribution in [2.45, 2.75) is 419 Å². The van der Waals surface area contributed by atoms with Gasteiger partial charge in [0.15, 0.2) is 6.10 Å². The number of esters is 3. The summed E-state index contributed by atoms with van der Waals surface area (Å²) in [5, 5.41) is 0. The maximum absolute atomic E-state index is 13.0. The molecule has 6 heteroatoms. The molecular formula is C76H142O6. The first kappa shape index (κ1) is 79.6. The fraction of sp³-hybridized carbons (Fsp3) is 0.882. The van der Waals surface area contributed by atoms with Crippen LogP contribution in [-0.4, -0.2) is 37.2 Å². The monoisotopic (exact) mass is 1150 g/mol. The molecule has 0 saturated heterocycles. The number of hydrogen-bond acceptors (Lipinski definition) is 6. The predicted molar refractivity (Wildman–Crippen MR) is 358 cm³/mol. The quantitative estimate of drug-likeness (QED) is 0.0261. The zero-order chi connectivity index (χ0) is 59.2. The molecule has 0 aromatic carbocycles. The largest absolute Gasteiger partial charge is 0.462 e. The lowest BCUT2D eigenvalue weighted by Crippen LogP contribution is -2.30. The van der Waals surface area contributed by atoms with Crippen molar-refractivity contribution in [1.29, 1.82) is 0 Å². The summed E-state index contributed by atoms with van der Waals surface area (Å²) in [7, 11) is 0. The first-order chi connectivity index (χ1) is 40.5. The van der Waals surface area contributed by atoms with Gasteiger partial charge in [0.05, 0.1) is 0 Å². The minimum Gasteiger partial charge on any atom is -0.462 e. The van der Waals surface area contributed by atoms with Crippen molar-refractivity contribution >= 4 is 17.9 Å². The predicted octanol–water partition coefficient (Wildman–Crippen LogP) is 25.5. The summed E-state index contributed by atoms with van der Waals surface area (Å²) in [6.45, 7) is 6.70. The minimum atomic E-state index is -0.773. The van der Waals surface area contributed by atoms with Crippen LogP contribution in [0.5, 0.6) is 0 Å². The van der Waals surface area contributed by atoms with Gasteiger partial charge in [-0.05, 0) is 77.0 Å². The van der Waals surface area contributed by atoms with E-state index in [2.05, 4.69) is 57.2 Å². The van der Waals surface area contributed by atoms with Crippen molar-refractivity contribution in [2.75, 3.05) is 13.2 Å². The van der Waals surface area contributed by atoms with Gasteiger partial charge in [0, 0.05) is 19.3 Å². The lowest BCUT2D eigenvalue weighted by atomic mass is 10.0. The van der Waals surface area contributed by atoms with E-state index in [1.165, 1.54) is 302 Å². The number of rotatable bonds is 69. The third kappa shape index (κ3) is 68.4. The van der Waals surface area contributed by atoms with Crippen molar-refractivity contribution < 1.29 is 28.6 Å². The molecule has 0 spiro atoms. The number of ether oxygens (including phenoxy) is 3. The van der Waals surface area contributed by atoms with Crippen LogP contribution in [0.4, 0.5) is 0 Å². The molecule has 482 valence electrons. The average molecular weight is 1150 g/mol. The highest BCUT2D eigenvalue weighted by Crippen LogP contribution is 2.19. The summed E-state index contributed by atoms with van der Waals surface area (Å²) in [4.78, 5) is 38.5. The standard InChI is InChI=1S/C76H142O6/c1-4-7-10-13-16-19-22-25-28-30-32-33-34-35-36-37-38-39-40-41-42-43-44-46-48-51-54-57-60-63-66-69-75(78)81-72-73(71-80-74(77)68-65-62-59-56-53-50-47-27-24-21-18-15-12-9-6-3)82-76(79)70-67-64-61-58-55-52-49-45-31-29-26-23-20-17-14-11-8-5-2/h22,25,27,30,32,47,73H,4-21,23-24,26,28-29,31,33-46,48-72H2,1-3H3/b25-22-,32-30-,47-27-. The first-order valence-corrected chi connectivity index (χ1v) is 37.0. The molecule has 1 atom stereocenters. The van der Waals surface area contributed by atoms with Gasteiger partial charge in [0.25, 0.3) is 0 Å². The SMILES string of the molecule is CCCCCCC/C=C\C/C=C\CCCCCCCCCCCCCCCCCCCCCC(=O)OCC(COC(=O)CCCCCCC/C=C\CCCCCCCC)OC(=O)CCCCCCCCCCCCCCCCCCCC. The Bertz CT molecular complexity index is 1370. The van der Waals surface area contributed by atoms with Gasteiger partial charge in [-0.15, -0.1) is 0 Å². The molecule has 82 heavy (non-hydrogen) atoms. The van der Waals surface area contributed by atoms with Crippen LogP contribution >= 0.6 is 0 Å². The van der Waals surface area contributed by atoms with E-state index < -0.39 is 6.10 Å². The summed E-state index contributed by atoms with van der Waals surface area (Å²) in [5.74, 6) is -0.844.